The topological polar surface area (TPSA) is 110 Å². The van der Waals surface area contributed by atoms with Crippen molar-refractivity contribution in [1.82, 2.24) is 5.32 Å². The molecule has 0 aromatic heterocycles. The van der Waals surface area contributed by atoms with Crippen molar-refractivity contribution in [2.45, 2.75) is 70.5 Å². The highest BCUT2D eigenvalue weighted by molar-refractivity contribution is 5.90. The summed E-state index contributed by atoms with van der Waals surface area (Å²) >= 11 is 0. The first-order valence-corrected chi connectivity index (χ1v) is 11.0. The van der Waals surface area contributed by atoms with Gasteiger partial charge in [-0.25, -0.2) is 0 Å². The number of fused-ring (bicyclic) bond motifs is 1. The summed E-state index contributed by atoms with van der Waals surface area (Å²) in [5.41, 5.74) is 0.944. The van der Waals surface area contributed by atoms with E-state index in [1.165, 1.54) is 6.92 Å². The smallest absolute Gasteiger partial charge is 0.253 e. The van der Waals surface area contributed by atoms with E-state index in [-0.39, 0.29) is 12.0 Å². The number of hydrogen-bond donors (Lipinski definition) is 5. The van der Waals surface area contributed by atoms with Crippen LogP contribution in [0.2, 0.25) is 0 Å². The van der Waals surface area contributed by atoms with Crippen molar-refractivity contribution in [2.75, 3.05) is 0 Å². The van der Waals surface area contributed by atoms with Crippen LogP contribution >= 0.6 is 0 Å². The molecule has 0 saturated carbocycles. The van der Waals surface area contributed by atoms with E-state index in [9.17, 15) is 25.2 Å². The van der Waals surface area contributed by atoms with Gasteiger partial charge in [-0.1, -0.05) is 55.0 Å². The number of carbonyl (C=O) groups is 1. The van der Waals surface area contributed by atoms with Crippen molar-refractivity contribution in [3.8, 4) is 0 Å². The van der Waals surface area contributed by atoms with Crippen molar-refractivity contribution in [3.05, 3.63) is 59.2 Å². The Bertz CT molecular complexity index is 849. The zero-order valence-corrected chi connectivity index (χ0v) is 18.7. The Hall–Kier alpha value is -1.99. The molecule has 1 heterocycles. The van der Waals surface area contributed by atoms with Crippen LogP contribution in [0.25, 0.3) is 0 Å². The maximum Gasteiger partial charge on any atom is 0.253 e. The van der Waals surface area contributed by atoms with Crippen LogP contribution in [0.4, 0.5) is 0 Å². The summed E-state index contributed by atoms with van der Waals surface area (Å²) in [6, 6.07) is 9.57. The van der Waals surface area contributed by atoms with Gasteiger partial charge in [-0.15, -0.1) is 0 Å². The normalized spacial score (nSPS) is 33.9. The summed E-state index contributed by atoms with van der Waals surface area (Å²) in [7, 11) is 0. The number of carbonyl (C=O) groups excluding carboxylic acids is 1. The molecule has 3 rings (SSSR count). The van der Waals surface area contributed by atoms with Crippen molar-refractivity contribution in [3.63, 3.8) is 0 Å². The van der Waals surface area contributed by atoms with Gasteiger partial charge >= 0.3 is 0 Å². The molecule has 0 spiro atoms. The van der Waals surface area contributed by atoms with E-state index in [2.05, 4.69) is 5.32 Å². The predicted molar refractivity (Wildman–Crippen MR) is 119 cm³/mol. The lowest BCUT2D eigenvalue weighted by Crippen LogP contribution is -2.56. The van der Waals surface area contributed by atoms with Crippen molar-refractivity contribution in [2.24, 2.45) is 17.8 Å². The first kappa shape index (κ1) is 23.7. The van der Waals surface area contributed by atoms with E-state index in [0.29, 0.717) is 12.8 Å². The fourth-order valence-corrected chi connectivity index (χ4v) is 5.14. The molecule has 1 amide bonds. The molecule has 1 aromatic rings. The Kier molecular flexibility index (Phi) is 7.06. The summed E-state index contributed by atoms with van der Waals surface area (Å²) in [4.78, 5) is 13.0. The third kappa shape index (κ3) is 4.35. The summed E-state index contributed by atoms with van der Waals surface area (Å²) in [5, 5.41) is 45.2. The molecule has 8 atom stereocenters. The Morgan fingerprint density at radius 2 is 1.77 bits per heavy atom. The van der Waals surface area contributed by atoms with Crippen LogP contribution in [-0.4, -0.2) is 56.3 Å². The zero-order chi connectivity index (χ0) is 22.9. The first-order chi connectivity index (χ1) is 14.6. The largest absolute Gasteiger partial charge is 0.391 e. The molecule has 1 aliphatic heterocycles. The Morgan fingerprint density at radius 1 is 1.13 bits per heavy atom. The Labute approximate surface area is 184 Å². The van der Waals surface area contributed by atoms with E-state index in [1.807, 2.05) is 51.1 Å². The average molecular weight is 430 g/mol. The molecular formula is C25H35NO5. The van der Waals surface area contributed by atoms with Gasteiger partial charge in [-0.3, -0.25) is 4.79 Å². The number of hydrogen-bond acceptors (Lipinski definition) is 5. The van der Waals surface area contributed by atoms with E-state index in [1.54, 1.807) is 12.2 Å². The number of benzene rings is 1. The van der Waals surface area contributed by atoms with Crippen LogP contribution in [0.15, 0.2) is 53.6 Å². The summed E-state index contributed by atoms with van der Waals surface area (Å²) < 4.78 is 0. The van der Waals surface area contributed by atoms with Gasteiger partial charge in [0.2, 0.25) is 0 Å². The molecule has 5 N–H and O–H groups in total. The van der Waals surface area contributed by atoms with Gasteiger partial charge in [-0.2, -0.15) is 0 Å². The summed E-state index contributed by atoms with van der Waals surface area (Å²) in [6.07, 6.45) is 1.83. The maximum atomic E-state index is 13.0. The molecule has 6 nitrogen and oxygen atoms in total. The molecule has 1 aromatic carbocycles. The highest BCUT2D eigenvalue weighted by Gasteiger charge is 2.62. The monoisotopic (exact) mass is 429 g/mol. The number of amides is 1. The fourth-order valence-electron chi connectivity index (χ4n) is 5.14. The highest BCUT2D eigenvalue weighted by atomic mass is 16.3. The molecule has 6 heteroatoms. The Balaban J connectivity index is 1.88. The molecule has 0 unspecified atom stereocenters. The average Bonchev–Trinajstić information content (AvgIpc) is 2.99. The molecule has 2 aliphatic rings. The first-order valence-electron chi connectivity index (χ1n) is 11.0. The van der Waals surface area contributed by atoms with Crippen LogP contribution in [0.5, 0.6) is 0 Å². The third-order valence-corrected chi connectivity index (χ3v) is 7.16. The number of aliphatic hydroxyl groups excluding tert-OH is 3. The lowest BCUT2D eigenvalue weighted by Gasteiger charge is -2.43. The standard InChI is InChI=1S/C25H35NO5/c1-14(22(28)17(4)27)9-8-12-19-23(29)16(3)15(2)21-20(26-24(30)25(19,21)31)13-18-10-6-5-7-11-18/h5-8,10-12,14,17,19-23,27-29,31H,9,13H2,1-4H3,(H,26,30)/b12-8+/t14-,17+,19-,20-,21-,22+,23+,25+/m0/s1. The van der Waals surface area contributed by atoms with Gasteiger partial charge in [0, 0.05) is 17.9 Å². The molecule has 170 valence electrons. The van der Waals surface area contributed by atoms with Gasteiger partial charge in [0.25, 0.3) is 5.91 Å². The van der Waals surface area contributed by atoms with Gasteiger partial charge in [0.1, 0.15) is 0 Å². The van der Waals surface area contributed by atoms with Crippen LogP contribution < -0.4 is 5.32 Å². The van der Waals surface area contributed by atoms with Crippen molar-refractivity contribution in [1.29, 1.82) is 0 Å². The molecule has 1 aliphatic carbocycles. The minimum atomic E-state index is -1.74. The van der Waals surface area contributed by atoms with E-state index in [0.717, 1.165) is 16.7 Å². The third-order valence-electron chi connectivity index (χ3n) is 7.16. The lowest BCUT2D eigenvalue weighted by molar-refractivity contribution is -0.147. The number of aliphatic hydroxyl groups is 4. The molecule has 1 fully saturated rings. The van der Waals surface area contributed by atoms with Crippen molar-refractivity contribution >= 4 is 5.91 Å². The number of nitrogens with one attached hydrogen (secondary N) is 1. The highest BCUT2D eigenvalue weighted by Crippen LogP contribution is 2.48. The lowest BCUT2D eigenvalue weighted by atomic mass is 9.63. The fraction of sp³-hybridized carbons (Fsp3) is 0.560. The van der Waals surface area contributed by atoms with Gasteiger partial charge in [0.05, 0.1) is 18.3 Å². The zero-order valence-electron chi connectivity index (χ0n) is 18.7. The minimum absolute atomic E-state index is 0.205. The van der Waals surface area contributed by atoms with Crippen LogP contribution in [-0.2, 0) is 11.2 Å². The van der Waals surface area contributed by atoms with Gasteiger partial charge in [-0.05, 0) is 50.7 Å². The van der Waals surface area contributed by atoms with E-state index < -0.39 is 41.7 Å². The second-order valence-electron chi connectivity index (χ2n) is 9.28. The molecule has 0 radical (unpaired) electrons. The minimum Gasteiger partial charge on any atom is -0.391 e. The van der Waals surface area contributed by atoms with Crippen molar-refractivity contribution < 1.29 is 25.2 Å². The number of allylic oxidation sites excluding steroid dienone is 1. The quantitative estimate of drug-likeness (QED) is 0.424. The van der Waals surface area contributed by atoms with Crippen LogP contribution in [0, 0.1) is 17.8 Å². The second-order valence-corrected chi connectivity index (χ2v) is 9.28. The van der Waals surface area contributed by atoms with E-state index in [4.69, 9.17) is 0 Å². The maximum absolute atomic E-state index is 13.0. The predicted octanol–water partition coefficient (Wildman–Crippen LogP) is 1.73. The molecular weight excluding hydrogens is 394 g/mol. The summed E-state index contributed by atoms with van der Waals surface area (Å²) in [5.74, 6) is -1.91. The Morgan fingerprint density at radius 3 is 2.39 bits per heavy atom. The molecule has 1 saturated heterocycles. The summed E-state index contributed by atoms with van der Waals surface area (Å²) in [6.45, 7) is 7.09. The van der Waals surface area contributed by atoms with Crippen LogP contribution in [0.3, 0.4) is 0 Å². The number of rotatable bonds is 7. The second kappa shape index (κ2) is 9.25. The van der Waals surface area contributed by atoms with Gasteiger partial charge < -0.3 is 25.7 Å². The van der Waals surface area contributed by atoms with E-state index >= 15 is 0 Å². The molecule has 31 heavy (non-hydrogen) atoms. The van der Waals surface area contributed by atoms with Crippen LogP contribution in [0.1, 0.15) is 39.7 Å². The van der Waals surface area contributed by atoms with Gasteiger partial charge in [0.15, 0.2) is 5.60 Å². The molecule has 0 bridgehead atoms. The SMILES string of the molecule is CC1=C(C)[C@H]2[C@H](Cc3ccccc3)NC(=O)[C@@]2(O)[C@@H](/C=C/C[C@H](C)[C@@H](O)[C@@H](C)O)[C@@H]1O.